The standard InChI is InChI=1S/C15H25NO3S/c1-15(2,20-6)10-16-9-11-7-13(18-4)14(19-5)8-12(11)17-3/h7-8,16H,9-10H2,1-6H3. The van der Waals surface area contributed by atoms with E-state index in [-0.39, 0.29) is 4.75 Å². The summed E-state index contributed by atoms with van der Waals surface area (Å²) in [4.78, 5) is 0. The van der Waals surface area contributed by atoms with Crippen LogP contribution in [-0.2, 0) is 6.54 Å². The number of hydrogen-bond acceptors (Lipinski definition) is 5. The lowest BCUT2D eigenvalue weighted by atomic mass is 10.1. The summed E-state index contributed by atoms with van der Waals surface area (Å²) in [5.41, 5.74) is 1.06. The van der Waals surface area contributed by atoms with Crippen molar-refractivity contribution in [1.82, 2.24) is 5.32 Å². The van der Waals surface area contributed by atoms with Gasteiger partial charge >= 0.3 is 0 Å². The van der Waals surface area contributed by atoms with Crippen molar-refractivity contribution < 1.29 is 14.2 Å². The molecule has 0 radical (unpaired) electrons. The highest BCUT2D eigenvalue weighted by molar-refractivity contribution is 7.99. The SMILES string of the molecule is COc1cc(OC)c(OC)cc1CNCC(C)(C)SC. The summed E-state index contributed by atoms with van der Waals surface area (Å²) in [6.07, 6.45) is 2.12. The summed E-state index contributed by atoms with van der Waals surface area (Å²) >= 11 is 1.85. The molecule has 1 N–H and O–H groups in total. The molecule has 0 aromatic heterocycles. The summed E-state index contributed by atoms with van der Waals surface area (Å²) in [5.74, 6) is 2.20. The normalized spacial score (nSPS) is 11.3. The number of nitrogens with one attached hydrogen (secondary N) is 1. The van der Waals surface area contributed by atoms with Gasteiger partial charge in [0.25, 0.3) is 0 Å². The Morgan fingerprint density at radius 1 is 1.00 bits per heavy atom. The number of methoxy groups -OCH3 is 3. The van der Waals surface area contributed by atoms with Gasteiger partial charge in [0.15, 0.2) is 11.5 Å². The van der Waals surface area contributed by atoms with Crippen molar-refractivity contribution >= 4 is 11.8 Å². The van der Waals surface area contributed by atoms with E-state index in [4.69, 9.17) is 14.2 Å². The Bertz CT molecular complexity index is 435. The molecule has 0 amide bonds. The summed E-state index contributed by atoms with van der Waals surface area (Å²) in [5, 5.41) is 3.46. The Morgan fingerprint density at radius 2 is 1.55 bits per heavy atom. The minimum atomic E-state index is 0.212. The molecule has 20 heavy (non-hydrogen) atoms. The molecule has 0 saturated carbocycles. The van der Waals surface area contributed by atoms with E-state index in [9.17, 15) is 0 Å². The Morgan fingerprint density at radius 3 is 2.05 bits per heavy atom. The molecule has 114 valence electrons. The molecular formula is C15H25NO3S. The summed E-state index contributed by atoms with van der Waals surface area (Å²) in [7, 11) is 4.92. The second-order valence-electron chi connectivity index (χ2n) is 5.09. The van der Waals surface area contributed by atoms with E-state index < -0.39 is 0 Å². The molecule has 0 spiro atoms. The molecule has 0 aliphatic rings. The monoisotopic (exact) mass is 299 g/mol. The van der Waals surface area contributed by atoms with E-state index in [1.165, 1.54) is 0 Å². The van der Waals surface area contributed by atoms with Crippen LogP contribution >= 0.6 is 11.8 Å². The molecule has 0 heterocycles. The van der Waals surface area contributed by atoms with Crippen molar-refractivity contribution in [3.8, 4) is 17.2 Å². The van der Waals surface area contributed by atoms with E-state index in [2.05, 4.69) is 25.4 Å². The Labute approximate surface area is 126 Å². The maximum Gasteiger partial charge on any atom is 0.164 e. The number of benzene rings is 1. The van der Waals surface area contributed by atoms with Crippen LogP contribution in [0.1, 0.15) is 19.4 Å². The van der Waals surface area contributed by atoms with E-state index in [1.54, 1.807) is 21.3 Å². The second-order valence-corrected chi connectivity index (χ2v) is 6.60. The van der Waals surface area contributed by atoms with Gasteiger partial charge in [-0.15, -0.1) is 0 Å². The zero-order chi connectivity index (χ0) is 15.2. The van der Waals surface area contributed by atoms with Crippen LogP contribution in [0.4, 0.5) is 0 Å². The first kappa shape index (κ1) is 17.0. The van der Waals surface area contributed by atoms with Crippen molar-refractivity contribution in [1.29, 1.82) is 0 Å². The number of hydrogen-bond donors (Lipinski definition) is 1. The molecule has 0 aliphatic carbocycles. The number of rotatable bonds is 8. The third kappa shape index (κ3) is 4.49. The molecule has 1 rings (SSSR count). The lowest BCUT2D eigenvalue weighted by Gasteiger charge is -2.23. The Hall–Kier alpha value is -1.07. The van der Waals surface area contributed by atoms with Crippen molar-refractivity contribution in [2.45, 2.75) is 25.1 Å². The first-order chi connectivity index (χ1) is 9.47. The molecule has 0 atom stereocenters. The average molecular weight is 299 g/mol. The molecule has 0 saturated heterocycles. The van der Waals surface area contributed by atoms with Crippen LogP contribution in [0.2, 0.25) is 0 Å². The molecule has 4 nitrogen and oxygen atoms in total. The van der Waals surface area contributed by atoms with E-state index in [1.807, 2.05) is 23.9 Å². The van der Waals surface area contributed by atoms with Gasteiger partial charge in [-0.1, -0.05) is 0 Å². The number of ether oxygens (including phenoxy) is 3. The number of thioether (sulfide) groups is 1. The van der Waals surface area contributed by atoms with Gasteiger partial charge in [-0.3, -0.25) is 0 Å². The highest BCUT2D eigenvalue weighted by atomic mass is 32.2. The highest BCUT2D eigenvalue weighted by Crippen LogP contribution is 2.34. The van der Waals surface area contributed by atoms with Crippen molar-refractivity contribution in [3.63, 3.8) is 0 Å². The maximum absolute atomic E-state index is 5.42. The van der Waals surface area contributed by atoms with Gasteiger partial charge in [0.2, 0.25) is 0 Å². The van der Waals surface area contributed by atoms with E-state index >= 15 is 0 Å². The molecule has 5 heteroatoms. The van der Waals surface area contributed by atoms with Gasteiger partial charge in [0.1, 0.15) is 5.75 Å². The van der Waals surface area contributed by atoms with Crippen molar-refractivity contribution in [2.75, 3.05) is 34.1 Å². The Balaban J connectivity index is 2.83. The van der Waals surface area contributed by atoms with Gasteiger partial charge in [-0.2, -0.15) is 11.8 Å². The second kappa shape index (κ2) is 7.64. The molecule has 0 unspecified atom stereocenters. The minimum Gasteiger partial charge on any atom is -0.496 e. The van der Waals surface area contributed by atoms with Gasteiger partial charge in [-0.25, -0.2) is 0 Å². The summed E-state index contributed by atoms with van der Waals surface area (Å²) in [6.45, 7) is 6.09. The minimum absolute atomic E-state index is 0.212. The van der Waals surface area contributed by atoms with Gasteiger partial charge in [0.05, 0.1) is 21.3 Å². The van der Waals surface area contributed by atoms with Crippen LogP contribution in [-0.4, -0.2) is 38.9 Å². The molecule has 0 bridgehead atoms. The molecule has 0 fully saturated rings. The van der Waals surface area contributed by atoms with E-state index in [0.29, 0.717) is 11.5 Å². The van der Waals surface area contributed by atoms with Crippen LogP contribution in [0.25, 0.3) is 0 Å². The third-order valence-electron chi connectivity index (χ3n) is 3.21. The molecule has 0 aliphatic heterocycles. The highest BCUT2D eigenvalue weighted by Gasteiger charge is 2.16. The fourth-order valence-electron chi connectivity index (χ4n) is 1.80. The van der Waals surface area contributed by atoms with Gasteiger partial charge in [0, 0.05) is 29.5 Å². The molecule has 1 aromatic carbocycles. The van der Waals surface area contributed by atoms with Crippen LogP contribution < -0.4 is 19.5 Å². The zero-order valence-electron chi connectivity index (χ0n) is 13.2. The zero-order valence-corrected chi connectivity index (χ0v) is 14.0. The van der Waals surface area contributed by atoms with Crippen molar-refractivity contribution in [3.05, 3.63) is 17.7 Å². The topological polar surface area (TPSA) is 39.7 Å². The van der Waals surface area contributed by atoms with Gasteiger partial charge < -0.3 is 19.5 Å². The third-order valence-corrected chi connectivity index (χ3v) is 4.45. The predicted octanol–water partition coefficient (Wildman–Crippen LogP) is 2.94. The Kier molecular flexibility index (Phi) is 6.49. The first-order valence-electron chi connectivity index (χ1n) is 6.52. The summed E-state index contributed by atoms with van der Waals surface area (Å²) in [6, 6.07) is 3.81. The lowest BCUT2D eigenvalue weighted by Crippen LogP contribution is -2.31. The van der Waals surface area contributed by atoms with Gasteiger partial charge in [-0.05, 0) is 26.2 Å². The van der Waals surface area contributed by atoms with Crippen LogP contribution in [0.5, 0.6) is 17.2 Å². The predicted molar refractivity (Wildman–Crippen MR) is 85.4 cm³/mol. The fraction of sp³-hybridized carbons (Fsp3) is 0.600. The van der Waals surface area contributed by atoms with Crippen LogP contribution in [0.3, 0.4) is 0 Å². The lowest BCUT2D eigenvalue weighted by molar-refractivity contribution is 0.347. The van der Waals surface area contributed by atoms with Crippen LogP contribution in [0.15, 0.2) is 12.1 Å². The smallest absolute Gasteiger partial charge is 0.164 e. The average Bonchev–Trinajstić information content (AvgIpc) is 2.46. The van der Waals surface area contributed by atoms with Crippen LogP contribution in [0, 0.1) is 0 Å². The van der Waals surface area contributed by atoms with Crippen molar-refractivity contribution in [2.24, 2.45) is 0 Å². The maximum atomic E-state index is 5.42. The fourth-order valence-corrected chi connectivity index (χ4v) is 2.05. The quantitative estimate of drug-likeness (QED) is 0.799. The first-order valence-corrected chi connectivity index (χ1v) is 7.74. The molecular weight excluding hydrogens is 274 g/mol. The largest absolute Gasteiger partial charge is 0.496 e. The summed E-state index contributed by atoms with van der Waals surface area (Å²) < 4.78 is 16.2. The molecule has 1 aromatic rings. The van der Waals surface area contributed by atoms with E-state index in [0.717, 1.165) is 24.4 Å².